The Morgan fingerprint density at radius 2 is 2.00 bits per heavy atom. The fourth-order valence-electron chi connectivity index (χ4n) is 1.67. The Balaban J connectivity index is 2.73. The smallest absolute Gasteiger partial charge is 0.0415 e. The van der Waals surface area contributed by atoms with Crippen molar-refractivity contribution in [3.8, 4) is 0 Å². The summed E-state index contributed by atoms with van der Waals surface area (Å²) in [6.07, 6.45) is 2.76. The molecule has 0 aromatic heterocycles. The molecule has 0 radical (unpaired) electrons. The van der Waals surface area contributed by atoms with E-state index >= 15 is 0 Å². The quantitative estimate of drug-likeness (QED) is 0.640. The van der Waals surface area contributed by atoms with Gasteiger partial charge in [-0.1, -0.05) is 41.9 Å². The SMILES string of the molecule is C=CCc1cc(Cl)cc2ccccc12. The fourth-order valence-corrected chi connectivity index (χ4v) is 1.92. The lowest BCUT2D eigenvalue weighted by Crippen LogP contribution is -1.84. The molecular weight excluding hydrogens is 192 g/mol. The van der Waals surface area contributed by atoms with Gasteiger partial charge in [0.2, 0.25) is 0 Å². The summed E-state index contributed by atoms with van der Waals surface area (Å²) in [4.78, 5) is 0. The average Bonchev–Trinajstić information content (AvgIpc) is 2.18. The van der Waals surface area contributed by atoms with Crippen molar-refractivity contribution in [3.63, 3.8) is 0 Å². The number of allylic oxidation sites excluding steroid dienone is 1. The molecule has 0 bridgehead atoms. The van der Waals surface area contributed by atoms with Crippen LogP contribution in [-0.2, 0) is 6.42 Å². The van der Waals surface area contributed by atoms with Gasteiger partial charge in [0.25, 0.3) is 0 Å². The standard InChI is InChI=1S/C13H11Cl/c1-2-5-10-8-12(14)9-11-6-3-4-7-13(10)11/h2-4,6-9H,1,5H2. The fraction of sp³-hybridized carbons (Fsp3) is 0.0769. The van der Waals surface area contributed by atoms with Crippen LogP contribution in [-0.4, -0.2) is 0 Å². The van der Waals surface area contributed by atoms with Crippen molar-refractivity contribution < 1.29 is 0 Å². The number of hydrogen-bond donors (Lipinski definition) is 0. The van der Waals surface area contributed by atoms with Gasteiger partial charge in [-0.15, -0.1) is 6.58 Å². The second-order valence-electron chi connectivity index (χ2n) is 3.28. The molecular formula is C13H11Cl. The third-order valence-electron chi connectivity index (χ3n) is 2.28. The molecule has 0 heterocycles. The molecule has 0 aliphatic rings. The Labute approximate surface area is 88.8 Å². The van der Waals surface area contributed by atoms with Crippen LogP contribution in [0.1, 0.15) is 5.56 Å². The van der Waals surface area contributed by atoms with Crippen molar-refractivity contribution in [1.29, 1.82) is 0 Å². The highest BCUT2D eigenvalue weighted by molar-refractivity contribution is 6.31. The van der Waals surface area contributed by atoms with Crippen LogP contribution in [0.25, 0.3) is 10.8 Å². The van der Waals surface area contributed by atoms with Crippen LogP contribution >= 0.6 is 11.6 Å². The lowest BCUT2D eigenvalue weighted by atomic mass is 10.0. The first-order valence-corrected chi connectivity index (χ1v) is 4.97. The molecule has 0 atom stereocenters. The molecule has 2 aromatic carbocycles. The Morgan fingerprint density at radius 3 is 2.79 bits per heavy atom. The van der Waals surface area contributed by atoms with Crippen LogP contribution in [0.2, 0.25) is 5.02 Å². The summed E-state index contributed by atoms with van der Waals surface area (Å²) in [6.45, 7) is 3.75. The lowest BCUT2D eigenvalue weighted by Gasteiger charge is -2.04. The monoisotopic (exact) mass is 202 g/mol. The van der Waals surface area contributed by atoms with Crippen molar-refractivity contribution in [2.45, 2.75) is 6.42 Å². The van der Waals surface area contributed by atoms with E-state index in [1.165, 1.54) is 16.3 Å². The van der Waals surface area contributed by atoms with Gasteiger partial charge < -0.3 is 0 Å². The second kappa shape index (κ2) is 3.85. The topological polar surface area (TPSA) is 0 Å². The summed E-state index contributed by atoms with van der Waals surface area (Å²) in [5.74, 6) is 0. The Morgan fingerprint density at radius 1 is 1.21 bits per heavy atom. The van der Waals surface area contributed by atoms with E-state index in [2.05, 4.69) is 18.7 Å². The number of benzene rings is 2. The lowest BCUT2D eigenvalue weighted by molar-refractivity contribution is 1.31. The summed E-state index contributed by atoms with van der Waals surface area (Å²) >= 11 is 6.03. The third kappa shape index (κ3) is 1.66. The summed E-state index contributed by atoms with van der Waals surface area (Å²) in [5.41, 5.74) is 1.24. The Bertz CT molecular complexity index is 472. The van der Waals surface area contributed by atoms with Crippen molar-refractivity contribution in [2.75, 3.05) is 0 Å². The molecule has 0 saturated carbocycles. The molecule has 1 heteroatoms. The molecule has 0 spiro atoms. The minimum atomic E-state index is 0.792. The number of rotatable bonds is 2. The minimum absolute atomic E-state index is 0.792. The van der Waals surface area contributed by atoms with Crippen molar-refractivity contribution in [3.05, 3.63) is 59.6 Å². The van der Waals surface area contributed by atoms with Gasteiger partial charge in [-0.05, 0) is 34.9 Å². The molecule has 2 aromatic rings. The van der Waals surface area contributed by atoms with E-state index in [4.69, 9.17) is 11.6 Å². The van der Waals surface area contributed by atoms with Crippen LogP contribution in [0.15, 0.2) is 49.1 Å². The van der Waals surface area contributed by atoms with Gasteiger partial charge >= 0.3 is 0 Å². The molecule has 0 amide bonds. The summed E-state index contributed by atoms with van der Waals surface area (Å²) in [6, 6.07) is 12.3. The number of fused-ring (bicyclic) bond motifs is 1. The van der Waals surface area contributed by atoms with Crippen LogP contribution in [0.5, 0.6) is 0 Å². The van der Waals surface area contributed by atoms with Crippen molar-refractivity contribution >= 4 is 22.4 Å². The molecule has 2 rings (SSSR count). The van der Waals surface area contributed by atoms with Crippen LogP contribution < -0.4 is 0 Å². The predicted octanol–water partition coefficient (Wildman–Crippen LogP) is 4.22. The van der Waals surface area contributed by atoms with E-state index in [0.29, 0.717) is 0 Å². The van der Waals surface area contributed by atoms with E-state index in [1.54, 1.807) is 0 Å². The van der Waals surface area contributed by atoms with E-state index in [0.717, 1.165) is 11.4 Å². The average molecular weight is 203 g/mol. The molecule has 0 nitrogen and oxygen atoms in total. The predicted molar refractivity (Wildman–Crippen MR) is 62.9 cm³/mol. The largest absolute Gasteiger partial charge is 0.103 e. The van der Waals surface area contributed by atoms with Crippen molar-refractivity contribution in [2.24, 2.45) is 0 Å². The highest BCUT2D eigenvalue weighted by atomic mass is 35.5. The molecule has 0 unspecified atom stereocenters. The van der Waals surface area contributed by atoms with E-state index in [9.17, 15) is 0 Å². The van der Waals surface area contributed by atoms with E-state index in [1.807, 2.05) is 30.3 Å². The van der Waals surface area contributed by atoms with Gasteiger partial charge in [-0.3, -0.25) is 0 Å². The number of halogens is 1. The molecule has 0 aliphatic carbocycles. The first kappa shape index (κ1) is 9.29. The van der Waals surface area contributed by atoms with Gasteiger partial charge in [-0.25, -0.2) is 0 Å². The van der Waals surface area contributed by atoms with Crippen LogP contribution in [0, 0.1) is 0 Å². The molecule has 14 heavy (non-hydrogen) atoms. The summed E-state index contributed by atoms with van der Waals surface area (Å²) < 4.78 is 0. The zero-order valence-corrected chi connectivity index (χ0v) is 8.59. The van der Waals surface area contributed by atoms with E-state index < -0.39 is 0 Å². The van der Waals surface area contributed by atoms with Crippen LogP contribution in [0.4, 0.5) is 0 Å². The minimum Gasteiger partial charge on any atom is -0.103 e. The van der Waals surface area contributed by atoms with Gasteiger partial charge in [0.1, 0.15) is 0 Å². The molecule has 0 N–H and O–H groups in total. The maximum Gasteiger partial charge on any atom is 0.0415 e. The summed E-state index contributed by atoms with van der Waals surface area (Å²) in [7, 11) is 0. The Kier molecular flexibility index (Phi) is 2.55. The number of hydrogen-bond acceptors (Lipinski definition) is 0. The normalized spacial score (nSPS) is 10.4. The summed E-state index contributed by atoms with van der Waals surface area (Å²) in [5, 5.41) is 3.24. The zero-order chi connectivity index (χ0) is 9.97. The third-order valence-corrected chi connectivity index (χ3v) is 2.49. The molecule has 0 fully saturated rings. The highest BCUT2D eigenvalue weighted by Crippen LogP contribution is 2.24. The van der Waals surface area contributed by atoms with Crippen LogP contribution in [0.3, 0.4) is 0 Å². The first-order valence-electron chi connectivity index (χ1n) is 4.59. The van der Waals surface area contributed by atoms with Gasteiger partial charge in [0.05, 0.1) is 0 Å². The van der Waals surface area contributed by atoms with Gasteiger partial charge in [0, 0.05) is 5.02 Å². The highest BCUT2D eigenvalue weighted by Gasteiger charge is 2.00. The molecule has 70 valence electrons. The second-order valence-corrected chi connectivity index (χ2v) is 3.72. The molecule has 0 saturated heterocycles. The Hall–Kier alpha value is -1.27. The molecule has 0 aliphatic heterocycles. The van der Waals surface area contributed by atoms with E-state index in [-0.39, 0.29) is 0 Å². The van der Waals surface area contributed by atoms with Crippen molar-refractivity contribution in [1.82, 2.24) is 0 Å². The van der Waals surface area contributed by atoms with Gasteiger partial charge in [0.15, 0.2) is 0 Å². The first-order chi connectivity index (χ1) is 6.81. The maximum atomic E-state index is 6.03. The maximum absolute atomic E-state index is 6.03. The zero-order valence-electron chi connectivity index (χ0n) is 7.83. The van der Waals surface area contributed by atoms with Gasteiger partial charge in [-0.2, -0.15) is 0 Å².